The van der Waals surface area contributed by atoms with Gasteiger partial charge < -0.3 is 5.32 Å². The van der Waals surface area contributed by atoms with E-state index in [2.05, 4.69) is 60.6 Å². The third kappa shape index (κ3) is 6.93. The van der Waals surface area contributed by atoms with Crippen molar-refractivity contribution in [3.63, 3.8) is 0 Å². The first-order valence-corrected chi connectivity index (χ1v) is 10.3. The number of aryl methyl sites for hydroxylation is 1. The van der Waals surface area contributed by atoms with Crippen LogP contribution < -0.4 is 5.32 Å². The van der Waals surface area contributed by atoms with Crippen LogP contribution in [0, 0.1) is 12.8 Å². The summed E-state index contributed by atoms with van der Waals surface area (Å²) < 4.78 is 0.906. The number of nitrogens with one attached hydrogen (secondary N) is 1. The second kappa shape index (κ2) is 9.30. The van der Waals surface area contributed by atoms with Crippen LogP contribution in [0.3, 0.4) is 0 Å². The molecule has 0 saturated carbocycles. The van der Waals surface area contributed by atoms with Crippen LogP contribution in [0.1, 0.15) is 25.8 Å². The first-order chi connectivity index (χ1) is 11.0. The summed E-state index contributed by atoms with van der Waals surface area (Å²) in [6.45, 7) is 6.41. The van der Waals surface area contributed by atoms with Crippen molar-refractivity contribution in [2.75, 3.05) is 16.8 Å². The number of carbonyl (C=O) groups is 1. The molecule has 0 fully saturated rings. The van der Waals surface area contributed by atoms with Crippen molar-refractivity contribution in [2.45, 2.75) is 36.4 Å². The largest absolute Gasteiger partial charge is 0.300 e. The SMILES string of the molecule is Cc1ccc(SCCC(=O)Nc2nnc(SCC(C)C)s2)cc1. The molecule has 1 N–H and O–H groups in total. The number of aromatic nitrogens is 2. The summed E-state index contributed by atoms with van der Waals surface area (Å²) >= 11 is 4.81. The Morgan fingerprint density at radius 2 is 1.96 bits per heavy atom. The Morgan fingerprint density at radius 3 is 2.65 bits per heavy atom. The van der Waals surface area contributed by atoms with Crippen molar-refractivity contribution in [1.82, 2.24) is 10.2 Å². The van der Waals surface area contributed by atoms with E-state index in [4.69, 9.17) is 0 Å². The molecule has 0 radical (unpaired) electrons. The molecule has 2 aromatic rings. The standard InChI is InChI=1S/C16H21N3OS3/c1-11(2)10-22-16-19-18-15(23-16)17-14(20)8-9-21-13-6-4-12(3)5-7-13/h4-7,11H,8-10H2,1-3H3,(H,17,18,20). The molecular formula is C16H21N3OS3. The molecule has 7 heteroatoms. The van der Waals surface area contributed by atoms with E-state index in [0.717, 1.165) is 15.8 Å². The molecule has 1 amide bonds. The Bertz CT molecular complexity index is 626. The lowest BCUT2D eigenvalue weighted by Crippen LogP contribution is -2.11. The number of hydrogen-bond donors (Lipinski definition) is 1. The van der Waals surface area contributed by atoms with Gasteiger partial charge in [0, 0.05) is 22.8 Å². The molecule has 0 unspecified atom stereocenters. The van der Waals surface area contributed by atoms with Gasteiger partial charge in [-0.3, -0.25) is 4.79 Å². The Morgan fingerprint density at radius 1 is 1.22 bits per heavy atom. The maximum absolute atomic E-state index is 11.9. The number of thioether (sulfide) groups is 2. The highest BCUT2D eigenvalue weighted by molar-refractivity contribution is 8.01. The molecule has 1 heterocycles. The van der Waals surface area contributed by atoms with Crippen LogP contribution in [-0.2, 0) is 4.79 Å². The van der Waals surface area contributed by atoms with Crippen LogP contribution in [0.25, 0.3) is 0 Å². The van der Waals surface area contributed by atoms with E-state index in [1.54, 1.807) is 23.5 Å². The van der Waals surface area contributed by atoms with Crippen LogP contribution in [0.15, 0.2) is 33.5 Å². The molecule has 0 saturated heterocycles. The van der Waals surface area contributed by atoms with Gasteiger partial charge in [-0.05, 0) is 25.0 Å². The number of carbonyl (C=O) groups excluding carboxylic acids is 1. The zero-order valence-electron chi connectivity index (χ0n) is 13.5. The molecule has 4 nitrogen and oxygen atoms in total. The summed E-state index contributed by atoms with van der Waals surface area (Å²) in [5.74, 6) is 2.36. The average molecular weight is 368 g/mol. The fourth-order valence-electron chi connectivity index (χ4n) is 1.63. The smallest absolute Gasteiger partial charge is 0.227 e. The van der Waals surface area contributed by atoms with Crippen LogP contribution in [0.5, 0.6) is 0 Å². The summed E-state index contributed by atoms with van der Waals surface area (Å²) in [5, 5.41) is 11.5. The highest BCUT2D eigenvalue weighted by atomic mass is 32.2. The first kappa shape index (κ1) is 18.3. The predicted molar refractivity (Wildman–Crippen MR) is 101 cm³/mol. The van der Waals surface area contributed by atoms with Crippen molar-refractivity contribution in [3.8, 4) is 0 Å². The Hall–Kier alpha value is -1.05. The van der Waals surface area contributed by atoms with E-state index in [9.17, 15) is 4.79 Å². The highest BCUT2D eigenvalue weighted by Gasteiger charge is 2.09. The van der Waals surface area contributed by atoms with Crippen LogP contribution in [0.2, 0.25) is 0 Å². The topological polar surface area (TPSA) is 54.9 Å². The Labute approximate surface area is 149 Å². The second-order valence-electron chi connectivity index (χ2n) is 5.54. The van der Waals surface area contributed by atoms with Crippen LogP contribution in [0.4, 0.5) is 5.13 Å². The zero-order valence-corrected chi connectivity index (χ0v) is 16.0. The number of benzene rings is 1. The third-order valence-electron chi connectivity index (χ3n) is 2.81. The lowest BCUT2D eigenvalue weighted by atomic mass is 10.2. The zero-order chi connectivity index (χ0) is 16.7. The quantitative estimate of drug-likeness (QED) is 0.541. The maximum Gasteiger partial charge on any atom is 0.227 e. The monoisotopic (exact) mass is 367 g/mol. The van der Waals surface area contributed by atoms with Gasteiger partial charge in [-0.25, -0.2) is 0 Å². The Kier molecular flexibility index (Phi) is 7.39. The lowest BCUT2D eigenvalue weighted by molar-refractivity contribution is -0.115. The van der Waals surface area contributed by atoms with Gasteiger partial charge in [0.1, 0.15) is 0 Å². The minimum atomic E-state index is -0.0128. The number of nitrogens with zero attached hydrogens (tertiary/aromatic N) is 2. The van der Waals surface area contributed by atoms with E-state index in [0.29, 0.717) is 17.5 Å². The molecule has 1 aromatic heterocycles. The number of amides is 1. The van der Waals surface area contributed by atoms with Gasteiger partial charge in [0.25, 0.3) is 0 Å². The van der Waals surface area contributed by atoms with Gasteiger partial charge in [0.05, 0.1) is 0 Å². The van der Waals surface area contributed by atoms with E-state index in [1.807, 2.05) is 0 Å². The number of hydrogen-bond acceptors (Lipinski definition) is 6. The average Bonchev–Trinajstić information content (AvgIpc) is 2.94. The molecule has 124 valence electrons. The van der Waals surface area contributed by atoms with Crippen molar-refractivity contribution in [1.29, 1.82) is 0 Å². The van der Waals surface area contributed by atoms with E-state index < -0.39 is 0 Å². The molecule has 23 heavy (non-hydrogen) atoms. The summed E-state index contributed by atoms with van der Waals surface area (Å²) in [6.07, 6.45) is 0.465. The summed E-state index contributed by atoms with van der Waals surface area (Å²) in [4.78, 5) is 13.1. The fourth-order valence-corrected chi connectivity index (χ4v) is 4.23. The molecule has 0 aliphatic carbocycles. The van der Waals surface area contributed by atoms with Gasteiger partial charge in [-0.15, -0.1) is 22.0 Å². The number of rotatable bonds is 8. The van der Waals surface area contributed by atoms with Crippen molar-refractivity contribution in [3.05, 3.63) is 29.8 Å². The van der Waals surface area contributed by atoms with E-state index >= 15 is 0 Å². The highest BCUT2D eigenvalue weighted by Crippen LogP contribution is 2.27. The molecule has 0 spiro atoms. The molecule has 0 atom stereocenters. The maximum atomic E-state index is 11.9. The fraction of sp³-hybridized carbons (Fsp3) is 0.438. The summed E-state index contributed by atoms with van der Waals surface area (Å²) in [6, 6.07) is 8.34. The Balaban J connectivity index is 1.71. The molecule has 0 aliphatic rings. The third-order valence-corrected chi connectivity index (χ3v) is 6.22. The van der Waals surface area contributed by atoms with Gasteiger partial charge in [0.15, 0.2) is 4.34 Å². The van der Waals surface area contributed by atoms with E-state index in [1.165, 1.54) is 21.8 Å². The summed E-state index contributed by atoms with van der Waals surface area (Å²) in [7, 11) is 0. The minimum Gasteiger partial charge on any atom is -0.300 e. The van der Waals surface area contributed by atoms with Crippen molar-refractivity contribution < 1.29 is 4.79 Å². The number of anilines is 1. The molecule has 2 rings (SSSR count). The summed E-state index contributed by atoms with van der Waals surface area (Å²) in [5.41, 5.74) is 1.24. The molecule has 0 aliphatic heterocycles. The van der Waals surface area contributed by atoms with Crippen molar-refractivity contribution in [2.24, 2.45) is 5.92 Å². The molecule has 0 bridgehead atoms. The minimum absolute atomic E-state index is 0.0128. The van der Waals surface area contributed by atoms with Gasteiger partial charge in [0.2, 0.25) is 11.0 Å². The lowest BCUT2D eigenvalue weighted by Gasteiger charge is -2.02. The van der Waals surface area contributed by atoms with Gasteiger partial charge >= 0.3 is 0 Å². The van der Waals surface area contributed by atoms with Crippen molar-refractivity contribution >= 4 is 45.9 Å². The van der Waals surface area contributed by atoms with Crippen LogP contribution >= 0.6 is 34.9 Å². The molecule has 1 aromatic carbocycles. The second-order valence-corrected chi connectivity index (χ2v) is 8.95. The van der Waals surface area contributed by atoms with Gasteiger partial charge in [-0.1, -0.05) is 54.6 Å². The normalized spacial score (nSPS) is 11.0. The van der Waals surface area contributed by atoms with Crippen LogP contribution in [-0.4, -0.2) is 27.6 Å². The predicted octanol–water partition coefficient (Wildman–Crippen LogP) is 4.72. The first-order valence-electron chi connectivity index (χ1n) is 7.48. The molecular weight excluding hydrogens is 346 g/mol. The van der Waals surface area contributed by atoms with E-state index in [-0.39, 0.29) is 5.91 Å². The van der Waals surface area contributed by atoms with Gasteiger partial charge in [-0.2, -0.15) is 0 Å².